The van der Waals surface area contributed by atoms with E-state index in [4.69, 9.17) is 16.7 Å². The zero-order chi connectivity index (χ0) is 11.6. The Morgan fingerprint density at radius 1 is 1.60 bits per heavy atom. The third kappa shape index (κ3) is 3.39. The molecule has 0 amide bonds. The van der Waals surface area contributed by atoms with Gasteiger partial charge in [-0.05, 0) is 17.0 Å². The summed E-state index contributed by atoms with van der Waals surface area (Å²) in [5, 5.41) is 9.61. The molecule has 0 aromatic carbocycles. The Morgan fingerprint density at radius 2 is 2.20 bits per heavy atom. The van der Waals surface area contributed by atoms with Gasteiger partial charge in [0.15, 0.2) is 0 Å². The van der Waals surface area contributed by atoms with Gasteiger partial charge in [-0.15, -0.1) is 11.3 Å². The predicted molar refractivity (Wildman–Crippen MR) is 50.4 cm³/mol. The van der Waals surface area contributed by atoms with Crippen LogP contribution < -0.4 is 0 Å². The SMILES string of the molecule is O=C(O)CC(c1csc(Cl)c1)C(F)(F)F. The molecule has 1 aromatic rings. The van der Waals surface area contributed by atoms with Crippen LogP contribution in [0.1, 0.15) is 17.9 Å². The first-order chi connectivity index (χ1) is 6.80. The fraction of sp³-hybridized carbons (Fsp3) is 0.375. The van der Waals surface area contributed by atoms with E-state index >= 15 is 0 Å². The molecule has 2 nitrogen and oxygen atoms in total. The number of halogens is 4. The van der Waals surface area contributed by atoms with Gasteiger partial charge in [-0.3, -0.25) is 4.79 Å². The standard InChI is InChI=1S/C8H6ClF3O2S/c9-6-1-4(3-15-6)5(2-7(13)14)8(10,11)12/h1,3,5H,2H2,(H,13,14). The maximum absolute atomic E-state index is 12.5. The van der Waals surface area contributed by atoms with Gasteiger partial charge >= 0.3 is 12.1 Å². The van der Waals surface area contributed by atoms with Crippen molar-refractivity contribution in [2.75, 3.05) is 0 Å². The highest BCUT2D eigenvalue weighted by Crippen LogP contribution is 2.39. The van der Waals surface area contributed by atoms with E-state index in [0.29, 0.717) is 0 Å². The summed E-state index contributed by atoms with van der Waals surface area (Å²) in [6.45, 7) is 0. The summed E-state index contributed by atoms with van der Waals surface area (Å²) in [6, 6.07) is 1.15. The van der Waals surface area contributed by atoms with Crippen molar-refractivity contribution < 1.29 is 23.1 Å². The molecule has 0 bridgehead atoms. The predicted octanol–water partition coefficient (Wildman–Crippen LogP) is 3.52. The fourth-order valence-corrected chi connectivity index (χ4v) is 2.05. The van der Waals surface area contributed by atoms with Crippen LogP contribution >= 0.6 is 22.9 Å². The van der Waals surface area contributed by atoms with Crippen molar-refractivity contribution >= 4 is 28.9 Å². The van der Waals surface area contributed by atoms with Gasteiger partial charge < -0.3 is 5.11 Å². The molecule has 1 N–H and O–H groups in total. The molecule has 0 radical (unpaired) electrons. The summed E-state index contributed by atoms with van der Waals surface area (Å²) in [4.78, 5) is 10.3. The molecule has 0 spiro atoms. The molecule has 1 heterocycles. The van der Waals surface area contributed by atoms with Crippen molar-refractivity contribution in [2.24, 2.45) is 0 Å². The van der Waals surface area contributed by atoms with Crippen LogP contribution in [-0.2, 0) is 4.79 Å². The van der Waals surface area contributed by atoms with Crippen LogP contribution in [0.25, 0.3) is 0 Å². The van der Waals surface area contributed by atoms with Crippen molar-refractivity contribution in [1.82, 2.24) is 0 Å². The lowest BCUT2D eigenvalue weighted by molar-refractivity contribution is -0.163. The number of rotatable bonds is 3. The molecule has 0 saturated carbocycles. The number of thiophene rings is 1. The molecule has 0 aliphatic rings. The minimum Gasteiger partial charge on any atom is -0.481 e. The lowest BCUT2D eigenvalue weighted by atomic mass is 9.98. The van der Waals surface area contributed by atoms with Gasteiger partial charge in [0.2, 0.25) is 0 Å². The Balaban J connectivity index is 2.96. The highest BCUT2D eigenvalue weighted by Gasteiger charge is 2.42. The lowest BCUT2D eigenvalue weighted by Gasteiger charge is -2.17. The Bertz CT molecular complexity index is 361. The molecule has 84 valence electrons. The van der Waals surface area contributed by atoms with E-state index in [1.54, 1.807) is 0 Å². The van der Waals surface area contributed by atoms with Crippen molar-refractivity contribution in [2.45, 2.75) is 18.5 Å². The van der Waals surface area contributed by atoms with Gasteiger partial charge in [0.05, 0.1) is 16.7 Å². The number of carbonyl (C=O) groups is 1. The highest BCUT2D eigenvalue weighted by atomic mass is 35.5. The number of hydrogen-bond acceptors (Lipinski definition) is 2. The average molecular weight is 259 g/mol. The third-order valence-electron chi connectivity index (χ3n) is 1.76. The quantitative estimate of drug-likeness (QED) is 0.901. The molecule has 1 unspecified atom stereocenters. The van der Waals surface area contributed by atoms with E-state index in [0.717, 1.165) is 17.4 Å². The third-order valence-corrected chi connectivity index (χ3v) is 2.87. The van der Waals surface area contributed by atoms with Crippen LogP contribution in [0.15, 0.2) is 11.4 Å². The Kier molecular flexibility index (Phi) is 3.62. The first kappa shape index (κ1) is 12.3. The summed E-state index contributed by atoms with van der Waals surface area (Å²) in [7, 11) is 0. The summed E-state index contributed by atoms with van der Waals surface area (Å²) in [5.41, 5.74) is -0.0973. The van der Waals surface area contributed by atoms with Gasteiger partial charge in [-0.1, -0.05) is 11.6 Å². The molecular formula is C8H6ClF3O2S. The van der Waals surface area contributed by atoms with E-state index in [1.807, 2.05) is 0 Å². The number of hydrogen-bond donors (Lipinski definition) is 1. The summed E-state index contributed by atoms with van der Waals surface area (Å²) < 4.78 is 37.6. The van der Waals surface area contributed by atoms with Crippen molar-refractivity contribution in [3.8, 4) is 0 Å². The molecule has 0 aliphatic heterocycles. The van der Waals surface area contributed by atoms with E-state index in [2.05, 4.69) is 0 Å². The van der Waals surface area contributed by atoms with E-state index in [9.17, 15) is 18.0 Å². The lowest BCUT2D eigenvalue weighted by Crippen LogP contribution is -2.23. The highest BCUT2D eigenvalue weighted by molar-refractivity contribution is 7.14. The van der Waals surface area contributed by atoms with Crippen LogP contribution in [0.3, 0.4) is 0 Å². The van der Waals surface area contributed by atoms with E-state index in [-0.39, 0.29) is 9.90 Å². The molecule has 1 rings (SSSR count). The van der Waals surface area contributed by atoms with E-state index in [1.165, 1.54) is 5.38 Å². The van der Waals surface area contributed by atoms with Gasteiger partial charge in [0, 0.05) is 0 Å². The van der Waals surface area contributed by atoms with Crippen LogP contribution in [0, 0.1) is 0 Å². The van der Waals surface area contributed by atoms with Crippen LogP contribution in [-0.4, -0.2) is 17.3 Å². The largest absolute Gasteiger partial charge is 0.481 e. The van der Waals surface area contributed by atoms with Crippen LogP contribution in [0.4, 0.5) is 13.2 Å². The second-order valence-electron chi connectivity index (χ2n) is 2.88. The second-order valence-corrected chi connectivity index (χ2v) is 4.42. The molecule has 1 aromatic heterocycles. The van der Waals surface area contributed by atoms with Gasteiger partial charge in [0.25, 0.3) is 0 Å². The Labute approximate surface area is 92.3 Å². The normalized spacial score (nSPS) is 13.9. The monoisotopic (exact) mass is 258 g/mol. The molecule has 0 fully saturated rings. The minimum absolute atomic E-state index is 0.0973. The average Bonchev–Trinajstić information content (AvgIpc) is 2.45. The molecule has 7 heteroatoms. The Hall–Kier alpha value is -0.750. The Morgan fingerprint density at radius 3 is 2.53 bits per heavy atom. The van der Waals surface area contributed by atoms with Crippen molar-refractivity contribution in [1.29, 1.82) is 0 Å². The summed E-state index contributed by atoms with van der Waals surface area (Å²) in [5.74, 6) is -3.47. The molecule has 0 aliphatic carbocycles. The van der Waals surface area contributed by atoms with Gasteiger partial charge in [-0.2, -0.15) is 13.2 Å². The van der Waals surface area contributed by atoms with Crippen molar-refractivity contribution in [3.05, 3.63) is 21.3 Å². The van der Waals surface area contributed by atoms with Gasteiger partial charge in [-0.25, -0.2) is 0 Å². The van der Waals surface area contributed by atoms with E-state index < -0.39 is 24.5 Å². The number of alkyl halides is 3. The van der Waals surface area contributed by atoms with Crippen LogP contribution in [0.2, 0.25) is 4.34 Å². The summed E-state index contributed by atoms with van der Waals surface area (Å²) in [6.07, 6.45) is -5.54. The maximum Gasteiger partial charge on any atom is 0.396 e. The first-order valence-corrected chi connectivity index (χ1v) is 5.09. The topological polar surface area (TPSA) is 37.3 Å². The number of aliphatic carboxylic acids is 1. The number of carboxylic acids is 1. The zero-order valence-corrected chi connectivity index (χ0v) is 8.79. The summed E-state index contributed by atoms with van der Waals surface area (Å²) >= 11 is 6.44. The fourth-order valence-electron chi connectivity index (χ4n) is 1.10. The zero-order valence-electron chi connectivity index (χ0n) is 7.21. The van der Waals surface area contributed by atoms with Crippen LogP contribution in [0.5, 0.6) is 0 Å². The molecule has 1 atom stereocenters. The maximum atomic E-state index is 12.5. The van der Waals surface area contributed by atoms with Gasteiger partial charge in [0.1, 0.15) is 0 Å². The second kappa shape index (κ2) is 4.40. The number of carboxylic acid groups (broad SMARTS) is 1. The minimum atomic E-state index is -4.57. The van der Waals surface area contributed by atoms with Crippen molar-refractivity contribution in [3.63, 3.8) is 0 Å². The molecule has 0 saturated heterocycles. The molecular weight excluding hydrogens is 253 g/mol. The molecule has 15 heavy (non-hydrogen) atoms. The first-order valence-electron chi connectivity index (χ1n) is 3.83. The smallest absolute Gasteiger partial charge is 0.396 e.